The van der Waals surface area contributed by atoms with Crippen molar-refractivity contribution in [2.45, 2.75) is 46.3 Å². The van der Waals surface area contributed by atoms with E-state index in [4.69, 9.17) is 4.74 Å². The van der Waals surface area contributed by atoms with E-state index >= 15 is 0 Å². The van der Waals surface area contributed by atoms with Crippen LogP contribution in [-0.2, 0) is 9.53 Å². The first kappa shape index (κ1) is 20.1. The number of ether oxygens (including phenoxy) is 1. The van der Waals surface area contributed by atoms with E-state index in [1.807, 2.05) is 13.8 Å². The van der Waals surface area contributed by atoms with Crippen LogP contribution in [0.25, 0.3) is 0 Å². The number of nitrogens with zero attached hydrogens (tertiary/aromatic N) is 3. The number of carbonyl (C=O) groups excluding carboxylic acids is 2. The van der Waals surface area contributed by atoms with Crippen LogP contribution in [0.2, 0.25) is 0 Å². The highest BCUT2D eigenvalue weighted by molar-refractivity contribution is 5.97. The molecule has 9 nitrogen and oxygen atoms in total. The number of hydrogen-bond donors (Lipinski definition) is 1. The summed E-state index contributed by atoms with van der Waals surface area (Å²) in [7, 11) is 0. The Labute approximate surface area is 156 Å². The molecule has 1 aromatic heterocycles. The first-order chi connectivity index (χ1) is 12.7. The standard InChI is InChI=1S/C18H22N4O5/c1-5-12(3)21-16(8-9-19-21)20-17(23)13(4)27-18(24)14-6-7-15(22(25)26)11(2)10-14/h6-10,12-13H,5H2,1-4H3,(H,20,23)/t12-,13-/m0/s1. The maximum absolute atomic E-state index is 12.3. The van der Waals surface area contributed by atoms with Gasteiger partial charge in [-0.05, 0) is 39.3 Å². The summed E-state index contributed by atoms with van der Waals surface area (Å²) in [5.74, 6) is -0.707. The molecule has 0 bridgehead atoms. The molecule has 0 aliphatic rings. The molecule has 9 heteroatoms. The molecule has 0 radical (unpaired) electrons. The molecule has 27 heavy (non-hydrogen) atoms. The fraction of sp³-hybridized carbons (Fsp3) is 0.389. The normalized spacial score (nSPS) is 12.9. The Morgan fingerprint density at radius 1 is 1.33 bits per heavy atom. The number of esters is 1. The molecule has 2 atom stereocenters. The fourth-order valence-corrected chi connectivity index (χ4v) is 2.43. The number of carbonyl (C=O) groups is 2. The topological polar surface area (TPSA) is 116 Å². The Bertz CT molecular complexity index is 861. The lowest BCUT2D eigenvalue weighted by Crippen LogP contribution is -2.31. The maximum atomic E-state index is 12.3. The van der Waals surface area contributed by atoms with Crippen molar-refractivity contribution < 1.29 is 19.2 Å². The minimum Gasteiger partial charge on any atom is -0.449 e. The van der Waals surface area contributed by atoms with E-state index in [1.54, 1.807) is 16.9 Å². The van der Waals surface area contributed by atoms with Gasteiger partial charge in [0, 0.05) is 17.7 Å². The van der Waals surface area contributed by atoms with E-state index in [-0.39, 0.29) is 17.3 Å². The molecule has 1 aromatic carbocycles. The number of amides is 1. The van der Waals surface area contributed by atoms with Gasteiger partial charge < -0.3 is 10.1 Å². The average Bonchev–Trinajstić information content (AvgIpc) is 3.08. The molecule has 1 amide bonds. The molecule has 2 rings (SSSR count). The quantitative estimate of drug-likeness (QED) is 0.452. The monoisotopic (exact) mass is 374 g/mol. The Hall–Kier alpha value is -3.23. The van der Waals surface area contributed by atoms with E-state index in [0.29, 0.717) is 11.4 Å². The summed E-state index contributed by atoms with van der Waals surface area (Å²) in [5.41, 5.74) is 0.391. The number of rotatable bonds is 7. The number of aryl methyl sites for hydroxylation is 1. The zero-order valence-corrected chi connectivity index (χ0v) is 15.6. The molecule has 0 saturated carbocycles. The van der Waals surface area contributed by atoms with Crippen molar-refractivity contribution in [2.75, 3.05) is 5.32 Å². The number of hydrogen-bond acceptors (Lipinski definition) is 6. The highest BCUT2D eigenvalue weighted by Crippen LogP contribution is 2.20. The van der Waals surface area contributed by atoms with Gasteiger partial charge in [0.25, 0.3) is 11.6 Å². The van der Waals surface area contributed by atoms with Crippen molar-refractivity contribution in [3.63, 3.8) is 0 Å². The lowest BCUT2D eigenvalue weighted by atomic mass is 10.1. The van der Waals surface area contributed by atoms with Crippen molar-refractivity contribution >= 4 is 23.4 Å². The average molecular weight is 374 g/mol. The number of anilines is 1. The first-order valence-electron chi connectivity index (χ1n) is 8.55. The van der Waals surface area contributed by atoms with Crippen molar-refractivity contribution in [1.29, 1.82) is 0 Å². The van der Waals surface area contributed by atoms with Crippen LogP contribution in [-0.4, -0.2) is 32.7 Å². The molecule has 0 aliphatic heterocycles. The summed E-state index contributed by atoms with van der Waals surface area (Å²) in [4.78, 5) is 34.9. The molecule has 1 heterocycles. The smallest absolute Gasteiger partial charge is 0.338 e. The predicted molar refractivity (Wildman–Crippen MR) is 98.6 cm³/mol. The van der Waals surface area contributed by atoms with Gasteiger partial charge in [-0.15, -0.1) is 0 Å². The van der Waals surface area contributed by atoms with Gasteiger partial charge in [0.15, 0.2) is 6.10 Å². The minimum atomic E-state index is -1.05. The highest BCUT2D eigenvalue weighted by atomic mass is 16.6. The summed E-state index contributed by atoms with van der Waals surface area (Å²) in [6, 6.07) is 5.68. The van der Waals surface area contributed by atoms with Gasteiger partial charge in [-0.25, -0.2) is 9.48 Å². The number of aromatic nitrogens is 2. The van der Waals surface area contributed by atoms with Crippen molar-refractivity contribution in [2.24, 2.45) is 0 Å². The Morgan fingerprint density at radius 2 is 2.04 bits per heavy atom. The van der Waals surface area contributed by atoms with E-state index in [0.717, 1.165) is 6.42 Å². The van der Waals surface area contributed by atoms with Crippen molar-refractivity contribution in [3.05, 3.63) is 51.7 Å². The largest absolute Gasteiger partial charge is 0.449 e. The predicted octanol–water partition coefficient (Wildman–Crippen LogP) is 3.25. The third-order valence-corrected chi connectivity index (χ3v) is 4.21. The first-order valence-corrected chi connectivity index (χ1v) is 8.55. The van der Waals surface area contributed by atoms with Gasteiger partial charge in [0.2, 0.25) is 0 Å². The lowest BCUT2D eigenvalue weighted by molar-refractivity contribution is -0.385. The van der Waals surface area contributed by atoms with Gasteiger partial charge in [-0.2, -0.15) is 5.10 Å². The van der Waals surface area contributed by atoms with Crippen LogP contribution in [0.3, 0.4) is 0 Å². The molecule has 0 fully saturated rings. The fourth-order valence-electron chi connectivity index (χ4n) is 2.43. The number of nitro benzene ring substituents is 1. The molecule has 0 aliphatic carbocycles. The zero-order valence-electron chi connectivity index (χ0n) is 15.6. The van der Waals surface area contributed by atoms with Crippen LogP contribution in [0.5, 0.6) is 0 Å². The van der Waals surface area contributed by atoms with Crippen LogP contribution in [0, 0.1) is 17.0 Å². The summed E-state index contributed by atoms with van der Waals surface area (Å²) >= 11 is 0. The number of nitro groups is 1. The molecule has 0 spiro atoms. The van der Waals surface area contributed by atoms with E-state index in [1.165, 1.54) is 32.0 Å². The third kappa shape index (κ3) is 4.69. The summed E-state index contributed by atoms with van der Waals surface area (Å²) in [5, 5.41) is 17.7. The Kier molecular flexibility index (Phi) is 6.27. The molecular weight excluding hydrogens is 352 g/mol. The Balaban J connectivity index is 2.04. The van der Waals surface area contributed by atoms with Crippen LogP contribution >= 0.6 is 0 Å². The van der Waals surface area contributed by atoms with Gasteiger partial charge in [0.05, 0.1) is 22.7 Å². The van der Waals surface area contributed by atoms with Gasteiger partial charge in [-0.1, -0.05) is 6.92 Å². The Morgan fingerprint density at radius 3 is 2.63 bits per heavy atom. The zero-order chi connectivity index (χ0) is 20.1. The van der Waals surface area contributed by atoms with Crippen molar-refractivity contribution in [3.8, 4) is 0 Å². The lowest BCUT2D eigenvalue weighted by Gasteiger charge is -2.17. The highest BCUT2D eigenvalue weighted by Gasteiger charge is 2.22. The van der Waals surface area contributed by atoms with E-state index in [2.05, 4.69) is 10.4 Å². The molecule has 144 valence electrons. The van der Waals surface area contributed by atoms with Crippen molar-refractivity contribution in [1.82, 2.24) is 9.78 Å². The summed E-state index contributed by atoms with van der Waals surface area (Å²) < 4.78 is 6.87. The molecule has 0 unspecified atom stereocenters. The van der Waals surface area contributed by atoms with E-state index < -0.39 is 22.9 Å². The SMILES string of the molecule is CC[C@H](C)n1nccc1NC(=O)[C@H](C)OC(=O)c1ccc([N+](=O)[O-])c(C)c1. The number of nitrogens with one attached hydrogen (secondary N) is 1. The van der Waals surface area contributed by atoms with Gasteiger partial charge in [0.1, 0.15) is 5.82 Å². The summed E-state index contributed by atoms with van der Waals surface area (Å²) in [6.45, 7) is 6.97. The van der Waals surface area contributed by atoms with Gasteiger partial charge in [-0.3, -0.25) is 14.9 Å². The molecule has 1 N–H and O–H groups in total. The molecule has 2 aromatic rings. The van der Waals surface area contributed by atoms with Crippen LogP contribution in [0.1, 0.15) is 49.2 Å². The second kappa shape index (κ2) is 8.43. The summed E-state index contributed by atoms with van der Waals surface area (Å²) in [6.07, 6.45) is 1.38. The molecule has 0 saturated heterocycles. The van der Waals surface area contributed by atoms with Crippen LogP contribution < -0.4 is 5.32 Å². The van der Waals surface area contributed by atoms with E-state index in [9.17, 15) is 19.7 Å². The van der Waals surface area contributed by atoms with Crippen LogP contribution in [0.15, 0.2) is 30.5 Å². The third-order valence-electron chi connectivity index (χ3n) is 4.21. The molecular formula is C18H22N4O5. The minimum absolute atomic E-state index is 0.0874. The second-order valence-electron chi connectivity index (χ2n) is 6.21. The van der Waals surface area contributed by atoms with Crippen LogP contribution in [0.4, 0.5) is 11.5 Å². The second-order valence-corrected chi connectivity index (χ2v) is 6.21. The number of benzene rings is 1. The maximum Gasteiger partial charge on any atom is 0.338 e. The van der Waals surface area contributed by atoms with Gasteiger partial charge >= 0.3 is 5.97 Å².